The van der Waals surface area contributed by atoms with E-state index in [1.54, 1.807) is 29.3 Å². The smallest absolute Gasteiger partial charge is 0.260 e. The summed E-state index contributed by atoms with van der Waals surface area (Å²) in [6, 6.07) is 12.6. The minimum Gasteiger partial charge on any atom is -0.493 e. The molecule has 2 aromatic carbocycles. The van der Waals surface area contributed by atoms with Crippen LogP contribution in [0.5, 0.6) is 11.5 Å². The first kappa shape index (κ1) is 24.9. The number of aromatic amines is 1. The number of halogens is 1. The van der Waals surface area contributed by atoms with Crippen molar-refractivity contribution in [3.8, 4) is 22.9 Å². The van der Waals surface area contributed by atoms with Crippen molar-refractivity contribution in [3.63, 3.8) is 0 Å². The van der Waals surface area contributed by atoms with E-state index in [2.05, 4.69) is 15.3 Å². The number of aromatic nitrogens is 3. The molecule has 0 aliphatic carbocycles. The highest BCUT2D eigenvalue weighted by molar-refractivity contribution is 7.71. The van der Waals surface area contributed by atoms with Crippen LogP contribution in [0.25, 0.3) is 11.4 Å². The number of nitrogens with one attached hydrogen (secondary N) is 1. The average Bonchev–Trinajstić information content (AvgIpc) is 3.21. The van der Waals surface area contributed by atoms with Crippen molar-refractivity contribution >= 4 is 35.9 Å². The summed E-state index contributed by atoms with van der Waals surface area (Å²) in [5.41, 5.74) is 1.44. The number of ether oxygens (including phenoxy) is 3. The van der Waals surface area contributed by atoms with Crippen molar-refractivity contribution in [1.29, 1.82) is 0 Å². The summed E-state index contributed by atoms with van der Waals surface area (Å²) in [4.78, 5) is 14.4. The van der Waals surface area contributed by atoms with Crippen molar-refractivity contribution in [3.05, 3.63) is 57.8 Å². The van der Waals surface area contributed by atoms with Crippen LogP contribution in [0.3, 0.4) is 0 Å². The van der Waals surface area contributed by atoms with E-state index < -0.39 is 0 Å². The van der Waals surface area contributed by atoms with Gasteiger partial charge in [-0.3, -0.25) is 4.79 Å². The number of morpholine rings is 1. The van der Waals surface area contributed by atoms with Crippen LogP contribution in [0.2, 0.25) is 5.02 Å². The fraction of sp³-hybridized carbons (Fsp3) is 0.333. The quantitative estimate of drug-likeness (QED) is 0.375. The molecule has 0 radical (unpaired) electrons. The average molecular weight is 516 g/mol. The monoisotopic (exact) mass is 515 g/mol. The van der Waals surface area contributed by atoms with E-state index in [9.17, 15) is 4.79 Å². The third-order valence-electron chi connectivity index (χ3n) is 5.40. The van der Waals surface area contributed by atoms with Gasteiger partial charge in [-0.15, -0.1) is 0 Å². The molecule has 0 spiro atoms. The molecule has 1 saturated heterocycles. The molecular weight excluding hydrogens is 490 g/mol. The highest BCUT2D eigenvalue weighted by atomic mass is 35.5. The lowest BCUT2D eigenvalue weighted by Crippen LogP contribution is -2.49. The summed E-state index contributed by atoms with van der Waals surface area (Å²) in [6.45, 7) is 4.91. The number of H-pyrrole nitrogens is 1. The molecule has 1 fully saturated rings. The summed E-state index contributed by atoms with van der Waals surface area (Å²) in [5, 5.41) is 12.0. The Morgan fingerprint density at radius 2 is 2.00 bits per heavy atom. The maximum absolute atomic E-state index is 12.6. The van der Waals surface area contributed by atoms with Gasteiger partial charge in [-0.1, -0.05) is 23.7 Å². The molecule has 1 N–H and O–H groups in total. The topological polar surface area (TPSA) is 94.0 Å². The number of nitrogens with zero attached hydrogens (tertiary/aromatic N) is 4. The SMILES string of the molecule is COc1cc(/C=N\n2c(-c3ccccc3Cl)n[nH]c2=S)ccc1OCC(=O)N1C[C@@H](C)O[C@@H](C)C1. The first-order valence-electron chi connectivity index (χ1n) is 11.1. The van der Waals surface area contributed by atoms with Crippen LogP contribution in [-0.2, 0) is 9.53 Å². The van der Waals surface area contributed by atoms with Crippen molar-refractivity contribution in [2.45, 2.75) is 26.1 Å². The maximum Gasteiger partial charge on any atom is 0.260 e. The number of amides is 1. The standard InChI is InChI=1S/C24H26ClN5O4S/c1-15-12-29(13-16(2)34-15)22(31)14-33-20-9-8-17(10-21(20)32-3)11-26-30-23(27-28-24(30)35)18-6-4-5-7-19(18)25/h4-11,15-16H,12-14H2,1-3H3,(H,28,35)/b26-11-/t15-,16+. The zero-order valence-corrected chi connectivity index (χ0v) is 21.2. The molecule has 11 heteroatoms. The summed E-state index contributed by atoms with van der Waals surface area (Å²) in [5.74, 6) is 1.34. The summed E-state index contributed by atoms with van der Waals surface area (Å²) < 4.78 is 18.8. The molecule has 2 heterocycles. The number of hydrogen-bond acceptors (Lipinski definition) is 7. The lowest BCUT2D eigenvalue weighted by Gasteiger charge is -2.35. The first-order chi connectivity index (χ1) is 16.9. The highest BCUT2D eigenvalue weighted by Gasteiger charge is 2.26. The van der Waals surface area contributed by atoms with Gasteiger partial charge in [0.1, 0.15) is 0 Å². The van der Waals surface area contributed by atoms with Gasteiger partial charge in [0.2, 0.25) is 4.77 Å². The van der Waals surface area contributed by atoms with Crippen molar-refractivity contribution in [2.24, 2.45) is 5.10 Å². The second-order valence-electron chi connectivity index (χ2n) is 8.14. The van der Waals surface area contributed by atoms with Gasteiger partial charge < -0.3 is 19.1 Å². The molecule has 1 aliphatic rings. The number of rotatable bonds is 7. The molecule has 2 atom stereocenters. The first-order valence-corrected chi connectivity index (χ1v) is 11.8. The van der Waals surface area contributed by atoms with Gasteiger partial charge in [0, 0.05) is 18.7 Å². The molecule has 1 amide bonds. The Morgan fingerprint density at radius 1 is 1.26 bits per heavy atom. The molecule has 35 heavy (non-hydrogen) atoms. The summed E-state index contributed by atoms with van der Waals surface area (Å²) in [6.07, 6.45) is 1.62. The number of methoxy groups -OCH3 is 1. The van der Waals surface area contributed by atoms with Gasteiger partial charge in [-0.05, 0) is 62.0 Å². The molecule has 0 unspecified atom stereocenters. The van der Waals surface area contributed by atoms with Crippen LogP contribution in [0, 0.1) is 4.77 Å². The fourth-order valence-electron chi connectivity index (χ4n) is 3.84. The minimum atomic E-state index is -0.0962. The second-order valence-corrected chi connectivity index (χ2v) is 8.94. The van der Waals surface area contributed by atoms with Crippen molar-refractivity contribution in [2.75, 3.05) is 26.8 Å². The Balaban J connectivity index is 1.48. The van der Waals surface area contributed by atoms with Crippen LogP contribution in [0.1, 0.15) is 19.4 Å². The molecule has 3 aromatic rings. The highest BCUT2D eigenvalue weighted by Crippen LogP contribution is 2.28. The van der Waals surface area contributed by atoms with E-state index in [0.717, 1.165) is 5.56 Å². The van der Waals surface area contributed by atoms with Gasteiger partial charge in [0.25, 0.3) is 5.91 Å². The number of hydrogen-bond donors (Lipinski definition) is 1. The third kappa shape index (κ3) is 5.90. The van der Waals surface area contributed by atoms with Crippen LogP contribution in [-0.4, -0.2) is 70.9 Å². The Bertz CT molecular complexity index is 1280. The van der Waals surface area contributed by atoms with Gasteiger partial charge >= 0.3 is 0 Å². The Labute approximate surface area is 213 Å². The number of benzene rings is 2. The van der Waals surface area contributed by atoms with Crippen LogP contribution in [0.15, 0.2) is 47.6 Å². The molecule has 0 bridgehead atoms. The van der Waals surface area contributed by atoms with E-state index in [1.807, 2.05) is 38.1 Å². The van der Waals surface area contributed by atoms with Gasteiger partial charge in [0.15, 0.2) is 23.9 Å². The molecule has 184 valence electrons. The second kappa shape index (κ2) is 11.0. The number of carbonyl (C=O) groups is 1. The largest absolute Gasteiger partial charge is 0.493 e. The van der Waals surface area contributed by atoms with E-state index in [1.165, 1.54) is 11.8 Å². The van der Waals surface area contributed by atoms with Crippen LogP contribution in [0.4, 0.5) is 0 Å². The normalized spacial score (nSPS) is 18.1. The zero-order valence-electron chi connectivity index (χ0n) is 19.6. The Hall–Kier alpha value is -3.21. The Kier molecular flexibility index (Phi) is 7.84. The van der Waals surface area contributed by atoms with E-state index >= 15 is 0 Å². The Morgan fingerprint density at radius 3 is 2.71 bits per heavy atom. The molecule has 4 rings (SSSR count). The van der Waals surface area contributed by atoms with Gasteiger partial charge in [-0.2, -0.15) is 14.9 Å². The number of carbonyl (C=O) groups excluding carboxylic acids is 1. The maximum atomic E-state index is 12.6. The van der Waals surface area contributed by atoms with Gasteiger partial charge in [0.05, 0.1) is 30.6 Å². The van der Waals surface area contributed by atoms with Crippen molar-refractivity contribution in [1.82, 2.24) is 19.8 Å². The van der Waals surface area contributed by atoms with E-state index in [4.69, 9.17) is 38.0 Å². The van der Waals surface area contributed by atoms with Crippen LogP contribution >= 0.6 is 23.8 Å². The van der Waals surface area contributed by atoms with Crippen LogP contribution < -0.4 is 9.47 Å². The summed E-state index contributed by atoms with van der Waals surface area (Å²) in [7, 11) is 1.54. The predicted octanol–water partition coefficient (Wildman–Crippen LogP) is 4.17. The molecule has 1 aliphatic heterocycles. The zero-order chi connectivity index (χ0) is 24.9. The molecule has 9 nitrogen and oxygen atoms in total. The van der Waals surface area contributed by atoms with Gasteiger partial charge in [-0.25, -0.2) is 5.10 Å². The molecular formula is C24H26ClN5O4S. The van der Waals surface area contributed by atoms with E-state index in [-0.39, 0.29) is 24.7 Å². The summed E-state index contributed by atoms with van der Waals surface area (Å²) >= 11 is 11.6. The van der Waals surface area contributed by atoms with E-state index in [0.29, 0.717) is 45.8 Å². The predicted molar refractivity (Wildman–Crippen MR) is 136 cm³/mol. The molecule has 0 saturated carbocycles. The third-order valence-corrected chi connectivity index (χ3v) is 5.99. The fourth-order valence-corrected chi connectivity index (χ4v) is 4.24. The lowest BCUT2D eigenvalue weighted by atomic mass is 10.2. The minimum absolute atomic E-state index is 0.00188. The molecule has 1 aromatic heterocycles. The lowest BCUT2D eigenvalue weighted by molar-refractivity contribution is -0.145. The van der Waals surface area contributed by atoms with Crippen molar-refractivity contribution < 1.29 is 19.0 Å².